The first-order chi connectivity index (χ1) is 9.13. The molecule has 0 radical (unpaired) electrons. The summed E-state index contributed by atoms with van der Waals surface area (Å²) in [5.74, 6) is 1.02. The minimum Gasteiger partial charge on any atom is -0.490 e. The van der Waals surface area contributed by atoms with Crippen molar-refractivity contribution in [2.45, 2.75) is 65.5 Å². The van der Waals surface area contributed by atoms with Crippen LogP contribution in [-0.4, -0.2) is 18.7 Å². The van der Waals surface area contributed by atoms with Gasteiger partial charge < -0.3 is 10.1 Å². The summed E-state index contributed by atoms with van der Waals surface area (Å²) >= 11 is 0. The fourth-order valence-corrected chi connectivity index (χ4v) is 2.08. The topological polar surface area (TPSA) is 21.3 Å². The highest BCUT2D eigenvalue weighted by molar-refractivity contribution is 5.31. The zero-order valence-corrected chi connectivity index (χ0v) is 12.9. The van der Waals surface area contributed by atoms with Crippen LogP contribution in [0, 0.1) is 6.92 Å². The van der Waals surface area contributed by atoms with Crippen LogP contribution in [0.25, 0.3) is 0 Å². The van der Waals surface area contributed by atoms with Crippen molar-refractivity contribution in [1.29, 1.82) is 0 Å². The minimum absolute atomic E-state index is 0.275. The molecule has 0 amide bonds. The van der Waals surface area contributed by atoms with Crippen molar-refractivity contribution < 1.29 is 4.74 Å². The normalized spacial score (nSPS) is 14.1. The molecule has 0 saturated heterocycles. The van der Waals surface area contributed by atoms with Gasteiger partial charge in [0.2, 0.25) is 0 Å². The number of ether oxygens (including phenoxy) is 1. The smallest absolute Gasteiger partial charge is 0.122 e. The van der Waals surface area contributed by atoms with Crippen LogP contribution in [0.15, 0.2) is 24.3 Å². The molecular weight excluding hydrogens is 234 g/mol. The third-order valence-corrected chi connectivity index (χ3v) is 3.45. The molecule has 2 atom stereocenters. The van der Waals surface area contributed by atoms with Crippen LogP contribution in [-0.2, 0) is 0 Å². The van der Waals surface area contributed by atoms with Crippen LogP contribution in [0.1, 0.15) is 52.0 Å². The number of nitrogens with one attached hydrogen (secondary N) is 1. The van der Waals surface area contributed by atoms with Gasteiger partial charge in [-0.2, -0.15) is 0 Å². The molecule has 0 bridgehead atoms. The Morgan fingerprint density at radius 3 is 2.58 bits per heavy atom. The van der Waals surface area contributed by atoms with Gasteiger partial charge in [-0.15, -0.1) is 0 Å². The molecule has 0 spiro atoms. The number of benzene rings is 1. The summed E-state index contributed by atoms with van der Waals surface area (Å²) in [6.07, 6.45) is 5.05. The number of hydrogen-bond donors (Lipinski definition) is 1. The first-order valence-electron chi connectivity index (χ1n) is 7.59. The van der Waals surface area contributed by atoms with E-state index in [1.807, 2.05) is 12.1 Å². The van der Waals surface area contributed by atoms with Crippen LogP contribution in [0.2, 0.25) is 0 Å². The predicted octanol–water partition coefficient (Wildman–Crippen LogP) is 4.32. The SMILES string of the molecule is CCCCN[C@H](C)CC[C@H](C)Oc1ccccc1C. The van der Waals surface area contributed by atoms with Gasteiger partial charge >= 0.3 is 0 Å². The Labute approximate surface area is 118 Å². The molecule has 19 heavy (non-hydrogen) atoms. The predicted molar refractivity (Wildman–Crippen MR) is 82.9 cm³/mol. The average molecular weight is 263 g/mol. The molecule has 2 nitrogen and oxygen atoms in total. The summed E-state index contributed by atoms with van der Waals surface area (Å²) in [6, 6.07) is 8.80. The van der Waals surface area contributed by atoms with Crippen molar-refractivity contribution in [2.75, 3.05) is 6.54 Å². The van der Waals surface area contributed by atoms with E-state index in [0.717, 1.165) is 25.1 Å². The van der Waals surface area contributed by atoms with Gasteiger partial charge in [-0.1, -0.05) is 31.5 Å². The fourth-order valence-electron chi connectivity index (χ4n) is 2.08. The Balaban J connectivity index is 2.24. The maximum Gasteiger partial charge on any atom is 0.122 e. The van der Waals surface area contributed by atoms with Crippen LogP contribution in [0.5, 0.6) is 5.75 Å². The number of rotatable bonds is 9. The number of hydrogen-bond acceptors (Lipinski definition) is 2. The largest absolute Gasteiger partial charge is 0.490 e. The lowest BCUT2D eigenvalue weighted by atomic mass is 10.1. The van der Waals surface area contributed by atoms with Crippen LogP contribution >= 0.6 is 0 Å². The lowest BCUT2D eigenvalue weighted by Crippen LogP contribution is -2.28. The van der Waals surface area contributed by atoms with Gasteiger partial charge in [-0.3, -0.25) is 0 Å². The van der Waals surface area contributed by atoms with E-state index in [2.05, 4.69) is 45.1 Å². The van der Waals surface area contributed by atoms with Crippen molar-refractivity contribution in [3.63, 3.8) is 0 Å². The average Bonchev–Trinajstić information content (AvgIpc) is 2.39. The second kappa shape index (κ2) is 8.98. The molecule has 108 valence electrons. The van der Waals surface area contributed by atoms with Crippen molar-refractivity contribution in [3.8, 4) is 5.75 Å². The van der Waals surface area contributed by atoms with Crippen molar-refractivity contribution in [1.82, 2.24) is 5.32 Å². The third-order valence-electron chi connectivity index (χ3n) is 3.45. The maximum atomic E-state index is 5.99. The molecule has 0 unspecified atom stereocenters. The van der Waals surface area contributed by atoms with Gasteiger partial charge in [0.25, 0.3) is 0 Å². The summed E-state index contributed by atoms with van der Waals surface area (Å²) < 4.78 is 5.99. The molecule has 1 aromatic rings. The molecule has 0 aliphatic carbocycles. The molecule has 0 aromatic heterocycles. The van der Waals surface area contributed by atoms with Gasteiger partial charge in [0.15, 0.2) is 0 Å². The number of unbranched alkanes of at least 4 members (excludes halogenated alkanes) is 1. The summed E-state index contributed by atoms with van der Waals surface area (Å²) in [5.41, 5.74) is 1.21. The van der Waals surface area contributed by atoms with E-state index in [-0.39, 0.29) is 6.10 Å². The summed E-state index contributed by atoms with van der Waals surface area (Å²) in [4.78, 5) is 0. The molecule has 2 heteroatoms. The highest BCUT2D eigenvalue weighted by Gasteiger charge is 2.08. The number of para-hydroxylation sites is 1. The van der Waals surface area contributed by atoms with Gasteiger partial charge in [0.1, 0.15) is 5.75 Å². The van der Waals surface area contributed by atoms with E-state index < -0.39 is 0 Å². The maximum absolute atomic E-state index is 5.99. The summed E-state index contributed by atoms with van der Waals surface area (Å²) in [5, 5.41) is 3.56. The first-order valence-corrected chi connectivity index (χ1v) is 7.59. The monoisotopic (exact) mass is 263 g/mol. The van der Waals surface area contributed by atoms with Crippen molar-refractivity contribution in [3.05, 3.63) is 29.8 Å². The van der Waals surface area contributed by atoms with Crippen molar-refractivity contribution >= 4 is 0 Å². The van der Waals surface area contributed by atoms with E-state index in [4.69, 9.17) is 4.74 Å². The highest BCUT2D eigenvalue weighted by Crippen LogP contribution is 2.19. The molecular formula is C17H29NO. The van der Waals surface area contributed by atoms with E-state index in [1.165, 1.54) is 18.4 Å². The number of aryl methyl sites for hydroxylation is 1. The van der Waals surface area contributed by atoms with Crippen LogP contribution < -0.4 is 10.1 Å². The molecule has 1 aromatic carbocycles. The lowest BCUT2D eigenvalue weighted by Gasteiger charge is -2.19. The quantitative estimate of drug-likeness (QED) is 0.670. The van der Waals surface area contributed by atoms with E-state index >= 15 is 0 Å². The Morgan fingerprint density at radius 1 is 1.16 bits per heavy atom. The fraction of sp³-hybridized carbons (Fsp3) is 0.647. The lowest BCUT2D eigenvalue weighted by molar-refractivity contribution is 0.201. The Hall–Kier alpha value is -1.02. The highest BCUT2D eigenvalue weighted by atomic mass is 16.5. The summed E-state index contributed by atoms with van der Waals surface area (Å²) in [6.45, 7) is 9.87. The van der Waals surface area contributed by atoms with Gasteiger partial charge in [0, 0.05) is 6.04 Å². The Kier molecular flexibility index (Phi) is 7.57. The van der Waals surface area contributed by atoms with Gasteiger partial charge in [-0.25, -0.2) is 0 Å². The third kappa shape index (κ3) is 6.63. The molecule has 0 saturated carbocycles. The van der Waals surface area contributed by atoms with Gasteiger partial charge in [-0.05, 0) is 58.2 Å². The van der Waals surface area contributed by atoms with Crippen LogP contribution in [0.4, 0.5) is 0 Å². The van der Waals surface area contributed by atoms with E-state index in [1.54, 1.807) is 0 Å². The second-order valence-corrected chi connectivity index (χ2v) is 5.48. The zero-order chi connectivity index (χ0) is 14.1. The first kappa shape index (κ1) is 16.0. The molecule has 1 N–H and O–H groups in total. The van der Waals surface area contributed by atoms with Crippen LogP contribution in [0.3, 0.4) is 0 Å². The Bertz CT molecular complexity index is 351. The van der Waals surface area contributed by atoms with Crippen molar-refractivity contribution in [2.24, 2.45) is 0 Å². The van der Waals surface area contributed by atoms with E-state index in [9.17, 15) is 0 Å². The summed E-state index contributed by atoms with van der Waals surface area (Å²) in [7, 11) is 0. The molecule has 0 aliphatic heterocycles. The van der Waals surface area contributed by atoms with Gasteiger partial charge in [0.05, 0.1) is 6.10 Å². The van der Waals surface area contributed by atoms with E-state index in [0.29, 0.717) is 6.04 Å². The molecule has 0 aliphatic rings. The Morgan fingerprint density at radius 2 is 1.89 bits per heavy atom. The molecule has 0 fully saturated rings. The zero-order valence-electron chi connectivity index (χ0n) is 12.9. The standard InChI is InChI=1S/C17H29NO/c1-5-6-13-18-15(3)11-12-16(4)19-17-10-8-7-9-14(17)2/h7-10,15-16,18H,5-6,11-13H2,1-4H3/t15-,16+/m1/s1. The molecule has 0 heterocycles. The minimum atomic E-state index is 0.275. The molecule has 1 rings (SSSR count). The second-order valence-electron chi connectivity index (χ2n) is 5.48.